The fraction of sp³-hybridized carbons (Fsp3) is 0.235. The van der Waals surface area contributed by atoms with Crippen molar-refractivity contribution in [1.82, 2.24) is 14.1 Å². The van der Waals surface area contributed by atoms with Crippen molar-refractivity contribution < 1.29 is 4.74 Å². The normalized spacial score (nSPS) is 10.9. The standard InChI is InChI=1S/C17H17N3O2S2/c1-3-8-20-15-14(24-17(20)23)16(21)19(11-18-15)9-10-22-13-7-5-4-6-12(13)2/h3-7,11H,1,8-10H2,2H3. The lowest BCUT2D eigenvalue weighted by atomic mass is 10.2. The monoisotopic (exact) mass is 359 g/mol. The number of hydrogen-bond donors (Lipinski definition) is 0. The van der Waals surface area contributed by atoms with Gasteiger partial charge in [-0.3, -0.25) is 9.36 Å². The molecular formula is C17H17N3O2S2. The number of benzene rings is 1. The van der Waals surface area contributed by atoms with Crippen molar-refractivity contribution in [1.29, 1.82) is 0 Å². The summed E-state index contributed by atoms with van der Waals surface area (Å²) >= 11 is 6.59. The Bertz CT molecular complexity index is 1000. The number of nitrogens with zero attached hydrogens (tertiary/aromatic N) is 3. The molecule has 0 spiro atoms. The number of ether oxygens (including phenoxy) is 1. The van der Waals surface area contributed by atoms with E-state index in [0.29, 0.717) is 34.0 Å². The summed E-state index contributed by atoms with van der Waals surface area (Å²) < 4.78 is 10.3. The molecular weight excluding hydrogens is 342 g/mol. The smallest absolute Gasteiger partial charge is 0.273 e. The highest BCUT2D eigenvalue weighted by Crippen LogP contribution is 2.18. The Kier molecular flexibility index (Phi) is 4.92. The molecule has 0 aliphatic rings. The first kappa shape index (κ1) is 16.6. The zero-order valence-electron chi connectivity index (χ0n) is 13.3. The molecule has 24 heavy (non-hydrogen) atoms. The fourth-order valence-electron chi connectivity index (χ4n) is 2.39. The van der Waals surface area contributed by atoms with E-state index < -0.39 is 0 Å². The molecule has 2 aromatic heterocycles. The van der Waals surface area contributed by atoms with Crippen molar-refractivity contribution in [2.75, 3.05) is 6.61 Å². The number of aromatic nitrogens is 3. The topological polar surface area (TPSA) is 49.0 Å². The molecule has 0 amide bonds. The largest absolute Gasteiger partial charge is 0.491 e. The predicted molar refractivity (Wildman–Crippen MR) is 99.6 cm³/mol. The van der Waals surface area contributed by atoms with Crippen molar-refractivity contribution in [3.05, 3.63) is 63.1 Å². The first-order valence-corrected chi connectivity index (χ1v) is 8.72. The van der Waals surface area contributed by atoms with Gasteiger partial charge in [0.2, 0.25) is 0 Å². The molecule has 1 aromatic carbocycles. The number of aryl methyl sites for hydroxylation is 1. The van der Waals surface area contributed by atoms with Crippen LogP contribution < -0.4 is 10.3 Å². The van der Waals surface area contributed by atoms with Crippen LogP contribution in [-0.4, -0.2) is 20.7 Å². The second-order valence-electron chi connectivity index (χ2n) is 5.28. The van der Waals surface area contributed by atoms with Crippen LogP contribution in [-0.2, 0) is 13.1 Å². The second kappa shape index (κ2) is 7.11. The predicted octanol–water partition coefficient (Wildman–Crippen LogP) is 3.56. The summed E-state index contributed by atoms with van der Waals surface area (Å²) in [5, 5.41) is 0. The molecule has 2 heterocycles. The molecule has 0 atom stereocenters. The average Bonchev–Trinajstić information content (AvgIpc) is 2.89. The van der Waals surface area contributed by atoms with Gasteiger partial charge in [-0.25, -0.2) is 4.98 Å². The summed E-state index contributed by atoms with van der Waals surface area (Å²) in [6.45, 7) is 7.08. The minimum absolute atomic E-state index is 0.0905. The van der Waals surface area contributed by atoms with E-state index in [-0.39, 0.29) is 5.56 Å². The van der Waals surface area contributed by atoms with E-state index in [1.54, 1.807) is 17.0 Å². The van der Waals surface area contributed by atoms with Gasteiger partial charge in [0.1, 0.15) is 23.4 Å². The van der Waals surface area contributed by atoms with E-state index in [0.717, 1.165) is 11.3 Å². The lowest BCUT2D eigenvalue weighted by molar-refractivity contribution is 0.294. The third kappa shape index (κ3) is 3.18. The molecule has 0 N–H and O–H groups in total. The molecule has 3 aromatic rings. The van der Waals surface area contributed by atoms with Crippen LogP contribution in [0.4, 0.5) is 0 Å². The lowest BCUT2D eigenvalue weighted by Gasteiger charge is -2.10. The highest BCUT2D eigenvalue weighted by atomic mass is 32.1. The zero-order chi connectivity index (χ0) is 17.1. The van der Waals surface area contributed by atoms with E-state index in [4.69, 9.17) is 17.0 Å². The summed E-state index contributed by atoms with van der Waals surface area (Å²) in [5.41, 5.74) is 1.59. The third-order valence-electron chi connectivity index (χ3n) is 3.64. The molecule has 0 aliphatic carbocycles. The number of hydrogen-bond acceptors (Lipinski definition) is 5. The molecule has 0 radical (unpaired) electrons. The lowest BCUT2D eigenvalue weighted by Crippen LogP contribution is -2.23. The Hall–Kier alpha value is -2.25. The van der Waals surface area contributed by atoms with E-state index in [9.17, 15) is 4.79 Å². The van der Waals surface area contributed by atoms with E-state index >= 15 is 0 Å². The molecule has 0 bridgehead atoms. The van der Waals surface area contributed by atoms with Crippen LogP contribution in [0.2, 0.25) is 0 Å². The Labute approximate surface area is 148 Å². The maximum atomic E-state index is 12.6. The Morgan fingerprint density at radius 3 is 2.96 bits per heavy atom. The van der Waals surface area contributed by atoms with Crippen LogP contribution in [0.3, 0.4) is 0 Å². The van der Waals surface area contributed by atoms with Gasteiger partial charge >= 0.3 is 0 Å². The minimum Gasteiger partial charge on any atom is -0.491 e. The summed E-state index contributed by atoms with van der Waals surface area (Å²) in [6, 6.07) is 7.80. The van der Waals surface area contributed by atoms with Crippen molar-refractivity contribution in [2.45, 2.75) is 20.0 Å². The van der Waals surface area contributed by atoms with Crippen molar-refractivity contribution >= 4 is 33.9 Å². The summed E-state index contributed by atoms with van der Waals surface area (Å²) in [6.07, 6.45) is 3.29. The van der Waals surface area contributed by atoms with Crippen LogP contribution in [0.25, 0.3) is 10.3 Å². The van der Waals surface area contributed by atoms with Crippen LogP contribution in [0.1, 0.15) is 5.56 Å². The van der Waals surface area contributed by atoms with Gasteiger partial charge in [-0.05, 0) is 30.8 Å². The van der Waals surface area contributed by atoms with E-state index in [1.807, 2.05) is 35.8 Å². The molecule has 0 saturated carbocycles. The van der Waals surface area contributed by atoms with Gasteiger partial charge in [-0.15, -0.1) is 6.58 Å². The highest BCUT2D eigenvalue weighted by molar-refractivity contribution is 7.73. The van der Waals surface area contributed by atoms with Gasteiger partial charge in [0.25, 0.3) is 5.56 Å². The van der Waals surface area contributed by atoms with E-state index in [2.05, 4.69) is 11.6 Å². The van der Waals surface area contributed by atoms with Crippen LogP contribution in [0.15, 0.2) is 48.0 Å². The maximum absolute atomic E-state index is 12.6. The molecule has 7 heteroatoms. The molecule has 0 unspecified atom stereocenters. The molecule has 5 nitrogen and oxygen atoms in total. The Morgan fingerprint density at radius 2 is 2.21 bits per heavy atom. The quantitative estimate of drug-likeness (QED) is 0.499. The Morgan fingerprint density at radius 1 is 1.42 bits per heavy atom. The van der Waals surface area contributed by atoms with E-state index in [1.165, 1.54) is 11.3 Å². The van der Waals surface area contributed by atoms with Gasteiger partial charge in [0.15, 0.2) is 9.60 Å². The first-order valence-electron chi connectivity index (χ1n) is 7.50. The second-order valence-corrected chi connectivity index (χ2v) is 6.92. The number of fused-ring (bicyclic) bond motifs is 1. The SMILES string of the molecule is C=CCn1c(=S)sc2c(=O)n(CCOc3ccccc3C)cnc21. The molecule has 124 valence electrons. The fourth-order valence-corrected chi connectivity index (χ4v) is 3.71. The highest BCUT2D eigenvalue weighted by Gasteiger charge is 2.11. The van der Waals surface area contributed by atoms with Crippen LogP contribution >= 0.6 is 23.6 Å². The minimum atomic E-state index is -0.0905. The van der Waals surface area contributed by atoms with Crippen molar-refractivity contribution in [2.24, 2.45) is 0 Å². The molecule has 0 saturated heterocycles. The number of thiazole rings is 1. The number of para-hydroxylation sites is 1. The number of rotatable bonds is 6. The molecule has 3 rings (SSSR count). The summed E-state index contributed by atoms with van der Waals surface area (Å²) in [7, 11) is 0. The van der Waals surface area contributed by atoms with Gasteiger partial charge < -0.3 is 9.30 Å². The first-order chi connectivity index (χ1) is 11.6. The van der Waals surface area contributed by atoms with Gasteiger partial charge in [0.05, 0.1) is 6.54 Å². The number of allylic oxidation sites excluding steroid dienone is 1. The Balaban J connectivity index is 1.82. The van der Waals surface area contributed by atoms with Crippen LogP contribution in [0.5, 0.6) is 5.75 Å². The van der Waals surface area contributed by atoms with Crippen molar-refractivity contribution in [3.8, 4) is 5.75 Å². The third-order valence-corrected chi connectivity index (χ3v) is 5.06. The van der Waals surface area contributed by atoms with Crippen LogP contribution in [0, 0.1) is 10.9 Å². The van der Waals surface area contributed by atoms with Gasteiger partial charge in [-0.2, -0.15) is 0 Å². The van der Waals surface area contributed by atoms with Gasteiger partial charge in [0, 0.05) is 6.54 Å². The summed E-state index contributed by atoms with van der Waals surface area (Å²) in [5.74, 6) is 0.826. The average molecular weight is 359 g/mol. The van der Waals surface area contributed by atoms with Crippen molar-refractivity contribution in [3.63, 3.8) is 0 Å². The maximum Gasteiger partial charge on any atom is 0.273 e. The van der Waals surface area contributed by atoms with Gasteiger partial charge in [-0.1, -0.05) is 35.6 Å². The molecule has 0 aliphatic heterocycles. The summed E-state index contributed by atoms with van der Waals surface area (Å²) in [4.78, 5) is 17.0. The zero-order valence-corrected chi connectivity index (χ0v) is 14.9. The molecule has 0 fully saturated rings.